The number of furan rings is 1. The number of piperidine rings is 1. The third kappa shape index (κ3) is 6.25. The van der Waals surface area contributed by atoms with Crippen LogP contribution in [0.2, 0.25) is 5.02 Å². The first-order chi connectivity index (χ1) is 24.4. The number of hydrogen-bond acceptors (Lipinski definition) is 5. The molecule has 4 aromatic rings. The van der Waals surface area contributed by atoms with E-state index in [1.54, 1.807) is 32.9 Å². The van der Waals surface area contributed by atoms with Gasteiger partial charge in [0.2, 0.25) is 17.7 Å². The molecule has 0 spiro atoms. The van der Waals surface area contributed by atoms with Gasteiger partial charge in [-0.05, 0) is 72.9 Å². The first-order valence-corrected chi connectivity index (χ1v) is 17.4. The lowest BCUT2D eigenvalue weighted by Crippen LogP contribution is -2.66. The minimum atomic E-state index is -4.52. The van der Waals surface area contributed by atoms with Crippen LogP contribution in [0.15, 0.2) is 65.3 Å². The molecule has 7 rings (SSSR count). The molecule has 268 valence electrons. The fraction of sp³-hybridized carbons (Fsp3) is 0.405. The minimum absolute atomic E-state index is 0.0973. The number of fused-ring (bicyclic) bond motifs is 5. The molecule has 2 aromatic heterocycles. The van der Waals surface area contributed by atoms with E-state index >= 15 is 0 Å². The summed E-state index contributed by atoms with van der Waals surface area (Å²) in [5.41, 5.74) is 1.07. The Morgan fingerprint density at radius 2 is 1.78 bits per heavy atom. The van der Waals surface area contributed by atoms with Crippen LogP contribution in [0.25, 0.3) is 10.9 Å². The summed E-state index contributed by atoms with van der Waals surface area (Å²) >= 11 is 6.39. The highest BCUT2D eigenvalue weighted by Crippen LogP contribution is 2.52. The molecule has 2 saturated heterocycles. The molecule has 51 heavy (non-hydrogen) atoms. The number of nitrogens with zero attached hydrogens (tertiary/aromatic N) is 3. The van der Waals surface area contributed by atoms with Gasteiger partial charge in [0, 0.05) is 73.2 Å². The number of H-pyrrole nitrogens is 1. The van der Waals surface area contributed by atoms with E-state index in [1.807, 2.05) is 19.1 Å². The van der Waals surface area contributed by atoms with E-state index in [9.17, 15) is 32.3 Å². The van der Waals surface area contributed by atoms with Gasteiger partial charge in [0.15, 0.2) is 5.76 Å². The molecule has 0 aliphatic carbocycles. The van der Waals surface area contributed by atoms with E-state index in [1.165, 1.54) is 18.4 Å². The van der Waals surface area contributed by atoms with E-state index in [0.717, 1.165) is 34.3 Å². The molecular formula is C37H37ClF3N5O5. The average molecular weight is 724 g/mol. The number of hydrogen-bond donors (Lipinski definition) is 2. The van der Waals surface area contributed by atoms with Crippen LogP contribution in [0.3, 0.4) is 0 Å². The highest BCUT2D eigenvalue weighted by molar-refractivity contribution is 6.31. The number of carbonyl (C=O) groups excluding carboxylic acids is 4. The molecule has 10 nitrogen and oxygen atoms in total. The smallest absolute Gasteiger partial charge is 0.416 e. The first kappa shape index (κ1) is 34.7. The van der Waals surface area contributed by atoms with Gasteiger partial charge in [-0.3, -0.25) is 19.2 Å². The monoisotopic (exact) mass is 723 g/mol. The van der Waals surface area contributed by atoms with Crippen molar-refractivity contribution in [2.75, 3.05) is 32.7 Å². The molecule has 3 aliphatic heterocycles. The zero-order valence-electron chi connectivity index (χ0n) is 27.9. The van der Waals surface area contributed by atoms with Crippen LogP contribution in [-0.4, -0.2) is 76.0 Å². The van der Waals surface area contributed by atoms with Crippen molar-refractivity contribution in [3.05, 3.63) is 94.0 Å². The minimum Gasteiger partial charge on any atom is -0.459 e. The first-order valence-electron chi connectivity index (χ1n) is 17.1. The Bertz CT molecular complexity index is 1990. The number of halogens is 4. The second-order valence-corrected chi connectivity index (χ2v) is 13.9. The number of alkyl halides is 3. The Kier molecular flexibility index (Phi) is 9.11. The van der Waals surface area contributed by atoms with Crippen molar-refractivity contribution >= 4 is 46.1 Å². The van der Waals surface area contributed by atoms with Gasteiger partial charge in [0.25, 0.3) is 5.91 Å². The Hall–Kier alpha value is -4.78. The summed E-state index contributed by atoms with van der Waals surface area (Å²) in [6.07, 6.45) is -2.26. The summed E-state index contributed by atoms with van der Waals surface area (Å²) in [7, 11) is 0. The third-order valence-corrected chi connectivity index (χ3v) is 10.9. The van der Waals surface area contributed by atoms with Crippen molar-refractivity contribution in [1.82, 2.24) is 25.0 Å². The molecule has 3 atom stereocenters. The number of aromatic amines is 1. The van der Waals surface area contributed by atoms with E-state index < -0.39 is 35.0 Å². The molecule has 2 fully saturated rings. The van der Waals surface area contributed by atoms with Gasteiger partial charge in [0.1, 0.15) is 0 Å². The van der Waals surface area contributed by atoms with Gasteiger partial charge < -0.3 is 29.4 Å². The summed E-state index contributed by atoms with van der Waals surface area (Å²) in [6, 6.07) is 13.5. The second-order valence-electron chi connectivity index (χ2n) is 13.4. The maximum Gasteiger partial charge on any atom is 0.416 e. The number of amides is 4. The van der Waals surface area contributed by atoms with Gasteiger partial charge in [-0.25, -0.2) is 0 Å². The van der Waals surface area contributed by atoms with Crippen LogP contribution in [0, 0.1) is 11.8 Å². The van der Waals surface area contributed by atoms with Crippen LogP contribution in [0.5, 0.6) is 0 Å². The van der Waals surface area contributed by atoms with Crippen molar-refractivity contribution in [3.63, 3.8) is 0 Å². The predicted octanol–water partition coefficient (Wildman–Crippen LogP) is 5.75. The number of aromatic nitrogens is 1. The molecule has 4 amide bonds. The quantitative estimate of drug-likeness (QED) is 0.252. The van der Waals surface area contributed by atoms with Crippen molar-refractivity contribution in [2.24, 2.45) is 11.8 Å². The van der Waals surface area contributed by atoms with E-state index in [-0.39, 0.29) is 61.5 Å². The fourth-order valence-electron chi connectivity index (χ4n) is 8.23. The molecule has 0 unspecified atom stereocenters. The number of carbonyl (C=O) groups is 4. The summed E-state index contributed by atoms with van der Waals surface area (Å²) in [5, 5.41) is 4.18. The van der Waals surface area contributed by atoms with Crippen LogP contribution >= 0.6 is 11.6 Å². The zero-order chi connectivity index (χ0) is 36.1. The van der Waals surface area contributed by atoms with Crippen molar-refractivity contribution in [2.45, 2.75) is 50.9 Å². The van der Waals surface area contributed by atoms with Crippen molar-refractivity contribution < 1.29 is 36.8 Å². The largest absolute Gasteiger partial charge is 0.459 e. The van der Waals surface area contributed by atoms with Crippen LogP contribution < -0.4 is 5.32 Å². The topological polar surface area (TPSA) is 119 Å². The molecule has 2 aromatic carbocycles. The maximum absolute atomic E-state index is 14.8. The Balaban J connectivity index is 1.16. The Morgan fingerprint density at radius 1 is 1.02 bits per heavy atom. The SMILES string of the molecule is CC[C@]12c3[nH]c4ccc(Cl)cc4c3CCN1C(=O)[C@@H](CC(=O)NCc1cccc(C(F)(F)F)c1)C[C@@H]2C(=O)N1CCN(C(=O)c2ccco2)CC1. The van der Waals surface area contributed by atoms with Crippen LogP contribution in [-0.2, 0) is 39.1 Å². The maximum atomic E-state index is 14.8. The molecule has 0 radical (unpaired) electrons. The third-order valence-electron chi connectivity index (χ3n) is 10.7. The molecule has 0 saturated carbocycles. The fourth-order valence-corrected chi connectivity index (χ4v) is 8.40. The predicted molar refractivity (Wildman–Crippen MR) is 181 cm³/mol. The number of rotatable bonds is 7. The molecule has 5 heterocycles. The van der Waals surface area contributed by atoms with Gasteiger partial charge in [-0.15, -0.1) is 0 Å². The second kappa shape index (κ2) is 13.4. The van der Waals surface area contributed by atoms with Crippen LogP contribution in [0.1, 0.15) is 59.1 Å². The molecule has 2 N–H and O–H groups in total. The Labute approximate surface area is 296 Å². The lowest BCUT2D eigenvalue weighted by Gasteiger charge is -2.56. The van der Waals surface area contributed by atoms with Gasteiger partial charge >= 0.3 is 6.18 Å². The standard InChI is InChI=1S/C37H37ClF3N5O5/c1-2-36-28(34(49)44-12-14-45(15-13-44)35(50)30-7-4-16-51-30)18-23(19-31(47)42-21-22-5-3-6-24(17-22)37(39,40)41)33(48)46(36)11-10-26-27-20-25(38)8-9-29(27)43-32(26)36/h3-9,16-17,20,23,28,43H,2,10-15,18-19,21H2,1H3,(H,42,47)/t23-,28-,36+/m1/s1. The lowest BCUT2D eigenvalue weighted by molar-refractivity contribution is -0.167. The number of benzene rings is 2. The Morgan fingerprint density at radius 3 is 2.49 bits per heavy atom. The summed E-state index contributed by atoms with van der Waals surface area (Å²) < 4.78 is 45.0. The summed E-state index contributed by atoms with van der Waals surface area (Å²) in [4.78, 5) is 64.0. The van der Waals surface area contributed by atoms with E-state index in [0.29, 0.717) is 37.5 Å². The summed E-state index contributed by atoms with van der Waals surface area (Å²) in [6.45, 7) is 3.32. The molecule has 3 aliphatic rings. The lowest BCUT2D eigenvalue weighted by atomic mass is 9.65. The molecule has 14 heteroatoms. The molecular weight excluding hydrogens is 687 g/mol. The number of piperazine rings is 1. The van der Waals surface area contributed by atoms with Gasteiger partial charge in [0.05, 0.1) is 23.3 Å². The van der Waals surface area contributed by atoms with Crippen LogP contribution in [0.4, 0.5) is 13.2 Å². The van der Waals surface area contributed by atoms with Gasteiger partial charge in [-0.2, -0.15) is 13.2 Å². The van der Waals surface area contributed by atoms with Crippen molar-refractivity contribution in [1.29, 1.82) is 0 Å². The summed E-state index contributed by atoms with van der Waals surface area (Å²) in [5.74, 6) is -2.49. The molecule has 0 bridgehead atoms. The zero-order valence-corrected chi connectivity index (χ0v) is 28.6. The van der Waals surface area contributed by atoms with Crippen molar-refractivity contribution in [3.8, 4) is 0 Å². The highest BCUT2D eigenvalue weighted by atomic mass is 35.5. The van der Waals surface area contributed by atoms with E-state index in [4.69, 9.17) is 16.0 Å². The van der Waals surface area contributed by atoms with E-state index in [2.05, 4.69) is 10.3 Å². The highest BCUT2D eigenvalue weighted by Gasteiger charge is 2.59. The normalized spacial score (nSPS) is 22.1. The number of nitrogens with one attached hydrogen (secondary N) is 2. The average Bonchev–Trinajstić information content (AvgIpc) is 3.80. The van der Waals surface area contributed by atoms with Gasteiger partial charge in [-0.1, -0.05) is 30.7 Å².